The predicted octanol–water partition coefficient (Wildman–Crippen LogP) is 2.09. The van der Waals surface area contributed by atoms with Gasteiger partial charge in [0.2, 0.25) is 0 Å². The average molecular weight is 247 g/mol. The molecule has 1 fully saturated rings. The Bertz CT molecular complexity index is 438. The molecule has 0 saturated heterocycles. The van der Waals surface area contributed by atoms with Gasteiger partial charge in [-0.2, -0.15) is 0 Å². The molecule has 0 aromatic heterocycles. The number of carbonyl (C=O) groups is 1. The SMILES string of the molecule is CC1=C(C)C(O)N(CCC2CC3C=CC2C3)C1=O. The van der Waals surface area contributed by atoms with Crippen LogP contribution in [0.5, 0.6) is 0 Å². The zero-order chi connectivity index (χ0) is 12.9. The molecule has 0 aromatic rings. The summed E-state index contributed by atoms with van der Waals surface area (Å²) in [5, 5.41) is 10.0. The maximum absolute atomic E-state index is 12.0. The molecular formula is C15H21NO2. The highest BCUT2D eigenvalue weighted by molar-refractivity contribution is 5.96. The molecule has 3 rings (SSSR count). The minimum Gasteiger partial charge on any atom is -0.369 e. The maximum atomic E-state index is 12.0. The molecule has 0 aromatic carbocycles. The third-order valence-corrected chi connectivity index (χ3v) is 5.01. The van der Waals surface area contributed by atoms with Crippen molar-refractivity contribution in [3.8, 4) is 0 Å². The summed E-state index contributed by atoms with van der Waals surface area (Å²) in [6.07, 6.45) is 7.59. The van der Waals surface area contributed by atoms with Crippen molar-refractivity contribution in [1.29, 1.82) is 0 Å². The van der Waals surface area contributed by atoms with Crippen molar-refractivity contribution in [2.45, 2.75) is 39.3 Å². The number of hydrogen-bond acceptors (Lipinski definition) is 2. The van der Waals surface area contributed by atoms with Gasteiger partial charge in [-0.1, -0.05) is 12.2 Å². The summed E-state index contributed by atoms with van der Waals surface area (Å²) in [5.41, 5.74) is 1.53. The van der Waals surface area contributed by atoms with E-state index < -0.39 is 6.23 Å². The molecule has 4 unspecified atom stereocenters. The number of carbonyl (C=O) groups excluding carboxylic acids is 1. The Balaban J connectivity index is 1.59. The van der Waals surface area contributed by atoms with Gasteiger partial charge in [-0.3, -0.25) is 4.79 Å². The first kappa shape index (κ1) is 12.0. The summed E-state index contributed by atoms with van der Waals surface area (Å²) in [5.74, 6) is 2.22. The van der Waals surface area contributed by atoms with Crippen LogP contribution in [0.2, 0.25) is 0 Å². The van der Waals surface area contributed by atoms with Gasteiger partial charge in [-0.15, -0.1) is 0 Å². The normalized spacial score (nSPS) is 38.4. The second-order valence-corrected chi connectivity index (χ2v) is 6.01. The average Bonchev–Trinajstić information content (AvgIpc) is 3.02. The van der Waals surface area contributed by atoms with Crippen LogP contribution in [0.1, 0.15) is 33.1 Å². The van der Waals surface area contributed by atoms with E-state index in [4.69, 9.17) is 0 Å². The van der Waals surface area contributed by atoms with Crippen LogP contribution < -0.4 is 0 Å². The summed E-state index contributed by atoms with van der Waals surface area (Å²) in [7, 11) is 0. The van der Waals surface area contributed by atoms with Gasteiger partial charge in [0.25, 0.3) is 5.91 Å². The molecule has 1 amide bonds. The maximum Gasteiger partial charge on any atom is 0.251 e. The fourth-order valence-electron chi connectivity index (χ4n) is 3.68. The van der Waals surface area contributed by atoms with Crippen molar-refractivity contribution in [3.05, 3.63) is 23.3 Å². The van der Waals surface area contributed by atoms with E-state index in [2.05, 4.69) is 12.2 Å². The van der Waals surface area contributed by atoms with E-state index in [1.54, 1.807) is 11.8 Å². The Labute approximate surface area is 108 Å². The number of amides is 1. The molecule has 1 heterocycles. The Morgan fingerprint density at radius 1 is 1.33 bits per heavy atom. The molecule has 0 radical (unpaired) electrons. The van der Waals surface area contributed by atoms with Crippen LogP contribution in [0.3, 0.4) is 0 Å². The second kappa shape index (κ2) is 4.23. The van der Waals surface area contributed by atoms with Gasteiger partial charge in [0, 0.05) is 12.1 Å². The number of aliphatic hydroxyl groups is 1. The van der Waals surface area contributed by atoms with Gasteiger partial charge < -0.3 is 10.0 Å². The number of rotatable bonds is 3. The van der Waals surface area contributed by atoms with Crippen molar-refractivity contribution in [1.82, 2.24) is 4.90 Å². The minimum absolute atomic E-state index is 0.0127. The third-order valence-electron chi connectivity index (χ3n) is 5.01. The molecule has 2 aliphatic carbocycles. The van der Waals surface area contributed by atoms with Crippen molar-refractivity contribution in [2.75, 3.05) is 6.54 Å². The summed E-state index contributed by atoms with van der Waals surface area (Å²) in [4.78, 5) is 13.6. The fraction of sp³-hybridized carbons (Fsp3) is 0.667. The van der Waals surface area contributed by atoms with Crippen molar-refractivity contribution in [2.24, 2.45) is 17.8 Å². The summed E-state index contributed by atoms with van der Waals surface area (Å²) in [6, 6.07) is 0. The van der Waals surface area contributed by atoms with Gasteiger partial charge in [-0.25, -0.2) is 0 Å². The molecule has 2 bridgehead atoms. The second-order valence-electron chi connectivity index (χ2n) is 6.01. The lowest BCUT2D eigenvalue weighted by molar-refractivity contribution is -0.132. The van der Waals surface area contributed by atoms with Crippen LogP contribution in [-0.4, -0.2) is 28.7 Å². The van der Waals surface area contributed by atoms with Crippen LogP contribution in [0.4, 0.5) is 0 Å². The van der Waals surface area contributed by atoms with Crippen LogP contribution in [-0.2, 0) is 4.79 Å². The lowest BCUT2D eigenvalue weighted by Gasteiger charge is -2.25. The first-order chi connectivity index (χ1) is 8.58. The molecule has 3 heteroatoms. The quantitative estimate of drug-likeness (QED) is 0.776. The molecular weight excluding hydrogens is 226 g/mol. The van der Waals surface area contributed by atoms with Gasteiger partial charge in [0.05, 0.1) is 0 Å². The number of aliphatic hydroxyl groups excluding tert-OH is 1. The number of hydrogen-bond donors (Lipinski definition) is 1. The Kier molecular flexibility index (Phi) is 2.81. The van der Waals surface area contributed by atoms with E-state index in [-0.39, 0.29) is 5.91 Å². The Morgan fingerprint density at radius 3 is 2.61 bits per heavy atom. The summed E-state index contributed by atoms with van der Waals surface area (Å²) < 4.78 is 0. The van der Waals surface area contributed by atoms with E-state index in [1.165, 1.54) is 12.8 Å². The number of fused-ring (bicyclic) bond motifs is 2. The molecule has 1 saturated carbocycles. The van der Waals surface area contributed by atoms with Gasteiger partial charge >= 0.3 is 0 Å². The number of nitrogens with zero attached hydrogens (tertiary/aromatic N) is 1. The highest BCUT2D eigenvalue weighted by Gasteiger charge is 2.38. The molecule has 3 nitrogen and oxygen atoms in total. The first-order valence-electron chi connectivity index (χ1n) is 6.92. The highest BCUT2D eigenvalue weighted by atomic mass is 16.3. The summed E-state index contributed by atoms with van der Waals surface area (Å²) in [6.45, 7) is 4.34. The lowest BCUT2D eigenvalue weighted by atomic mass is 9.90. The van der Waals surface area contributed by atoms with Crippen LogP contribution in [0.25, 0.3) is 0 Å². The smallest absolute Gasteiger partial charge is 0.251 e. The fourth-order valence-corrected chi connectivity index (χ4v) is 3.68. The van der Waals surface area contributed by atoms with Crippen LogP contribution in [0.15, 0.2) is 23.3 Å². The lowest BCUT2D eigenvalue weighted by Crippen LogP contribution is -2.37. The zero-order valence-electron chi connectivity index (χ0n) is 11.1. The first-order valence-corrected chi connectivity index (χ1v) is 6.92. The molecule has 98 valence electrons. The Morgan fingerprint density at radius 2 is 2.11 bits per heavy atom. The standard InChI is InChI=1S/C15H21NO2/c1-9-10(2)15(18)16(14(9)17)6-5-13-8-11-3-4-12(13)7-11/h3-4,11-14,17H,5-8H2,1-2H3. The van der Waals surface area contributed by atoms with Gasteiger partial charge in [0.15, 0.2) is 6.23 Å². The molecule has 3 aliphatic rings. The van der Waals surface area contributed by atoms with E-state index >= 15 is 0 Å². The van der Waals surface area contributed by atoms with Crippen LogP contribution in [0, 0.1) is 17.8 Å². The number of allylic oxidation sites excluding steroid dienone is 2. The minimum atomic E-state index is -0.688. The third kappa shape index (κ3) is 1.72. The Hall–Kier alpha value is -1.09. The van der Waals surface area contributed by atoms with Crippen molar-refractivity contribution >= 4 is 5.91 Å². The molecule has 4 atom stereocenters. The topological polar surface area (TPSA) is 40.5 Å². The molecule has 1 aliphatic heterocycles. The molecule has 18 heavy (non-hydrogen) atoms. The van der Waals surface area contributed by atoms with E-state index in [0.29, 0.717) is 12.5 Å². The van der Waals surface area contributed by atoms with E-state index in [1.807, 2.05) is 6.92 Å². The largest absolute Gasteiger partial charge is 0.369 e. The van der Waals surface area contributed by atoms with E-state index in [9.17, 15) is 9.90 Å². The van der Waals surface area contributed by atoms with Gasteiger partial charge in [0.1, 0.15) is 0 Å². The molecule has 1 N–H and O–H groups in total. The zero-order valence-corrected chi connectivity index (χ0v) is 11.1. The summed E-state index contributed by atoms with van der Waals surface area (Å²) >= 11 is 0. The monoisotopic (exact) mass is 247 g/mol. The van der Waals surface area contributed by atoms with Crippen molar-refractivity contribution in [3.63, 3.8) is 0 Å². The van der Waals surface area contributed by atoms with E-state index in [0.717, 1.165) is 29.4 Å². The highest BCUT2D eigenvalue weighted by Crippen LogP contribution is 2.45. The van der Waals surface area contributed by atoms with Crippen molar-refractivity contribution < 1.29 is 9.90 Å². The molecule has 0 spiro atoms. The predicted molar refractivity (Wildman–Crippen MR) is 69.6 cm³/mol. The van der Waals surface area contributed by atoms with Crippen LogP contribution >= 0.6 is 0 Å². The van der Waals surface area contributed by atoms with Gasteiger partial charge in [-0.05, 0) is 56.4 Å².